The van der Waals surface area contributed by atoms with Crippen LogP contribution in [0.5, 0.6) is 0 Å². The summed E-state index contributed by atoms with van der Waals surface area (Å²) in [5, 5.41) is 12.8. The number of aromatic nitrogens is 1. The average molecular weight is 298 g/mol. The predicted octanol–water partition coefficient (Wildman–Crippen LogP) is -0.150. The van der Waals surface area contributed by atoms with E-state index in [0.717, 1.165) is 17.9 Å². The van der Waals surface area contributed by atoms with Crippen LogP contribution in [0.4, 0.5) is 5.13 Å². The number of aliphatic hydroxyl groups is 1. The van der Waals surface area contributed by atoms with Crippen molar-refractivity contribution >= 4 is 28.3 Å². The van der Waals surface area contributed by atoms with Gasteiger partial charge in [0.1, 0.15) is 4.88 Å². The van der Waals surface area contributed by atoms with E-state index in [9.17, 15) is 14.7 Å². The summed E-state index contributed by atoms with van der Waals surface area (Å²) in [5.74, 6) is -0.376. The van der Waals surface area contributed by atoms with Crippen LogP contribution in [0.25, 0.3) is 0 Å². The molecule has 1 fully saturated rings. The van der Waals surface area contributed by atoms with E-state index < -0.39 is 6.10 Å². The molecule has 7 nitrogen and oxygen atoms in total. The fourth-order valence-electron chi connectivity index (χ4n) is 2.07. The molecule has 2 heterocycles. The van der Waals surface area contributed by atoms with Crippen LogP contribution in [-0.4, -0.2) is 71.0 Å². The van der Waals surface area contributed by atoms with Gasteiger partial charge in [0.25, 0.3) is 5.91 Å². The number of carbonyl (C=O) groups excluding carboxylic acids is 2. The molecule has 110 valence electrons. The summed E-state index contributed by atoms with van der Waals surface area (Å²) in [6, 6.07) is 0. The molecule has 1 atom stereocenters. The monoisotopic (exact) mass is 298 g/mol. The maximum Gasteiger partial charge on any atom is 0.265 e. The number of thiazole rings is 1. The molecular weight excluding hydrogens is 280 g/mol. The highest BCUT2D eigenvalue weighted by Crippen LogP contribution is 2.20. The Labute approximate surface area is 121 Å². The quantitative estimate of drug-likeness (QED) is 0.793. The van der Waals surface area contributed by atoms with E-state index in [1.807, 2.05) is 11.9 Å². The molecule has 0 saturated carbocycles. The van der Waals surface area contributed by atoms with Crippen molar-refractivity contribution < 1.29 is 14.7 Å². The van der Waals surface area contributed by atoms with Crippen molar-refractivity contribution in [3.05, 3.63) is 11.1 Å². The number of amides is 2. The molecule has 0 unspecified atom stereocenters. The standard InChI is InChI=1S/C12H18N4O3S/c1-8(17)14-12-13-5-10(20-12)11(19)16-4-3-15(2)6-9(18)7-16/h5,9,18H,3-4,6-7H2,1-2H3,(H,13,14,17)/t9-/m1/s1. The first-order valence-corrected chi connectivity index (χ1v) is 7.16. The normalized spacial score (nSPS) is 20.6. The molecule has 20 heavy (non-hydrogen) atoms. The summed E-state index contributed by atoms with van der Waals surface area (Å²) in [6.45, 7) is 3.56. The fourth-order valence-corrected chi connectivity index (χ4v) is 2.90. The van der Waals surface area contributed by atoms with Crippen LogP contribution in [0.2, 0.25) is 0 Å². The number of hydrogen-bond donors (Lipinski definition) is 2. The highest BCUT2D eigenvalue weighted by Gasteiger charge is 2.25. The van der Waals surface area contributed by atoms with Crippen molar-refractivity contribution in [1.29, 1.82) is 0 Å². The molecule has 2 rings (SSSR count). The minimum Gasteiger partial charge on any atom is -0.390 e. The number of carbonyl (C=O) groups is 2. The zero-order valence-electron chi connectivity index (χ0n) is 11.5. The molecule has 0 spiro atoms. The number of hydrogen-bond acceptors (Lipinski definition) is 6. The number of β-amino-alcohol motifs (C(OH)–C–C–N with tert-alkyl or cyclic N) is 1. The summed E-state index contributed by atoms with van der Waals surface area (Å²) in [4.78, 5) is 31.4. The first kappa shape index (κ1) is 14.9. The van der Waals surface area contributed by atoms with Crippen LogP contribution in [0, 0.1) is 0 Å². The second kappa shape index (κ2) is 6.29. The van der Waals surface area contributed by atoms with Crippen LogP contribution < -0.4 is 5.32 Å². The van der Waals surface area contributed by atoms with Crippen molar-refractivity contribution in [2.24, 2.45) is 0 Å². The fraction of sp³-hybridized carbons (Fsp3) is 0.583. The number of nitrogens with one attached hydrogen (secondary N) is 1. The van der Waals surface area contributed by atoms with Crippen molar-refractivity contribution in [3.8, 4) is 0 Å². The maximum absolute atomic E-state index is 12.4. The minimum atomic E-state index is -0.547. The van der Waals surface area contributed by atoms with Gasteiger partial charge in [-0.25, -0.2) is 4.98 Å². The smallest absolute Gasteiger partial charge is 0.265 e. The van der Waals surface area contributed by atoms with Gasteiger partial charge in [0.15, 0.2) is 5.13 Å². The largest absolute Gasteiger partial charge is 0.390 e. The molecule has 1 aromatic rings. The van der Waals surface area contributed by atoms with Crippen LogP contribution in [-0.2, 0) is 4.79 Å². The summed E-state index contributed by atoms with van der Waals surface area (Å²) in [7, 11) is 1.92. The van der Waals surface area contributed by atoms with Gasteiger partial charge in [0.2, 0.25) is 5.91 Å². The molecular formula is C12H18N4O3S. The molecule has 0 aliphatic carbocycles. The van der Waals surface area contributed by atoms with Gasteiger partial charge < -0.3 is 20.2 Å². The average Bonchev–Trinajstić information content (AvgIpc) is 2.73. The maximum atomic E-state index is 12.4. The molecule has 2 N–H and O–H groups in total. The zero-order chi connectivity index (χ0) is 14.7. The van der Waals surface area contributed by atoms with E-state index in [0.29, 0.717) is 29.6 Å². The van der Waals surface area contributed by atoms with Gasteiger partial charge in [0.05, 0.1) is 12.3 Å². The second-order valence-electron chi connectivity index (χ2n) is 4.88. The van der Waals surface area contributed by atoms with Gasteiger partial charge in [-0.2, -0.15) is 0 Å². The third kappa shape index (κ3) is 3.75. The Bertz CT molecular complexity index is 505. The highest BCUT2D eigenvalue weighted by atomic mass is 32.1. The number of rotatable bonds is 2. The van der Waals surface area contributed by atoms with Gasteiger partial charge in [-0.3, -0.25) is 9.59 Å². The van der Waals surface area contributed by atoms with Crippen molar-refractivity contribution in [1.82, 2.24) is 14.8 Å². The van der Waals surface area contributed by atoms with Gasteiger partial charge in [-0.05, 0) is 7.05 Å². The Hall–Kier alpha value is -1.51. The molecule has 0 aromatic carbocycles. The highest BCUT2D eigenvalue weighted by molar-refractivity contribution is 7.17. The predicted molar refractivity (Wildman–Crippen MR) is 75.8 cm³/mol. The van der Waals surface area contributed by atoms with Crippen LogP contribution in [0.15, 0.2) is 6.20 Å². The Balaban J connectivity index is 2.06. The SMILES string of the molecule is CC(=O)Nc1ncc(C(=O)N2CCN(C)C[C@@H](O)C2)s1. The Morgan fingerprint density at radius 3 is 2.90 bits per heavy atom. The second-order valence-corrected chi connectivity index (χ2v) is 5.91. The lowest BCUT2D eigenvalue weighted by molar-refractivity contribution is -0.114. The molecule has 8 heteroatoms. The van der Waals surface area contributed by atoms with Gasteiger partial charge in [0, 0.05) is 33.1 Å². The number of nitrogens with zero attached hydrogens (tertiary/aromatic N) is 3. The van der Waals surface area contributed by atoms with Crippen molar-refractivity contribution in [2.45, 2.75) is 13.0 Å². The summed E-state index contributed by atoms with van der Waals surface area (Å²) in [6.07, 6.45) is 0.911. The van der Waals surface area contributed by atoms with Crippen LogP contribution in [0.1, 0.15) is 16.6 Å². The minimum absolute atomic E-state index is 0.159. The summed E-state index contributed by atoms with van der Waals surface area (Å²) >= 11 is 1.14. The summed E-state index contributed by atoms with van der Waals surface area (Å²) in [5.41, 5.74) is 0. The van der Waals surface area contributed by atoms with Gasteiger partial charge in [-0.15, -0.1) is 0 Å². The van der Waals surface area contributed by atoms with E-state index in [2.05, 4.69) is 10.3 Å². The molecule has 0 radical (unpaired) electrons. The van der Waals surface area contributed by atoms with Crippen molar-refractivity contribution in [2.75, 3.05) is 38.5 Å². The number of anilines is 1. The first-order valence-electron chi connectivity index (χ1n) is 6.35. The molecule has 0 bridgehead atoms. The number of likely N-dealkylation sites (N-methyl/N-ethyl adjacent to an activating group) is 1. The van der Waals surface area contributed by atoms with Crippen LogP contribution >= 0.6 is 11.3 Å². The third-order valence-electron chi connectivity index (χ3n) is 2.99. The summed E-state index contributed by atoms with van der Waals surface area (Å²) < 4.78 is 0. The molecule has 1 aromatic heterocycles. The first-order chi connectivity index (χ1) is 9.45. The van der Waals surface area contributed by atoms with E-state index in [4.69, 9.17) is 0 Å². The van der Waals surface area contributed by atoms with E-state index >= 15 is 0 Å². The van der Waals surface area contributed by atoms with Crippen molar-refractivity contribution in [3.63, 3.8) is 0 Å². The molecule has 1 aliphatic heterocycles. The van der Waals surface area contributed by atoms with E-state index in [1.54, 1.807) is 4.90 Å². The van der Waals surface area contributed by atoms with Crippen LogP contribution in [0.3, 0.4) is 0 Å². The lowest BCUT2D eigenvalue weighted by atomic mass is 10.3. The van der Waals surface area contributed by atoms with E-state index in [-0.39, 0.29) is 11.8 Å². The Morgan fingerprint density at radius 1 is 1.45 bits per heavy atom. The lowest BCUT2D eigenvalue weighted by Crippen LogP contribution is -2.37. The Morgan fingerprint density at radius 2 is 2.20 bits per heavy atom. The molecule has 2 amide bonds. The van der Waals surface area contributed by atoms with Gasteiger partial charge in [-0.1, -0.05) is 11.3 Å². The Kier molecular flexibility index (Phi) is 4.69. The molecule has 1 aliphatic rings. The van der Waals surface area contributed by atoms with E-state index in [1.165, 1.54) is 13.1 Å². The lowest BCUT2D eigenvalue weighted by Gasteiger charge is -2.20. The topological polar surface area (TPSA) is 85.8 Å². The zero-order valence-corrected chi connectivity index (χ0v) is 12.3. The van der Waals surface area contributed by atoms with Gasteiger partial charge >= 0.3 is 0 Å². The third-order valence-corrected chi connectivity index (χ3v) is 3.89. The molecule has 1 saturated heterocycles. The number of aliphatic hydroxyl groups excluding tert-OH is 1.